The van der Waals surface area contributed by atoms with E-state index in [1.165, 1.54) is 28.8 Å². The Kier molecular flexibility index (Phi) is 5.63. The number of carbonyl (C=O) groups is 2. The van der Waals surface area contributed by atoms with E-state index in [9.17, 15) is 14.0 Å². The van der Waals surface area contributed by atoms with E-state index in [-0.39, 0.29) is 17.3 Å². The first-order chi connectivity index (χ1) is 15.9. The number of pyridine rings is 1. The number of thiophene rings is 1. The van der Waals surface area contributed by atoms with Gasteiger partial charge in [0, 0.05) is 10.6 Å². The Morgan fingerprint density at radius 2 is 2.03 bits per heavy atom. The van der Waals surface area contributed by atoms with Crippen LogP contribution in [-0.4, -0.2) is 44.5 Å². The van der Waals surface area contributed by atoms with Crippen molar-refractivity contribution in [3.8, 4) is 10.6 Å². The van der Waals surface area contributed by atoms with Crippen molar-refractivity contribution < 1.29 is 18.5 Å². The van der Waals surface area contributed by atoms with Gasteiger partial charge in [-0.2, -0.15) is 0 Å². The molecule has 1 unspecified atom stereocenters. The van der Waals surface area contributed by atoms with Gasteiger partial charge in [-0.1, -0.05) is 17.3 Å². The van der Waals surface area contributed by atoms with Crippen LogP contribution >= 0.6 is 23.1 Å². The summed E-state index contributed by atoms with van der Waals surface area (Å²) >= 11 is 3.03. The zero-order valence-electron chi connectivity index (χ0n) is 17.8. The van der Waals surface area contributed by atoms with Gasteiger partial charge in [-0.15, -0.1) is 23.1 Å². The summed E-state index contributed by atoms with van der Waals surface area (Å²) in [6.07, 6.45) is 0. The third-order valence-electron chi connectivity index (χ3n) is 5.42. The van der Waals surface area contributed by atoms with Crippen LogP contribution in [0.25, 0.3) is 21.7 Å². The lowest BCUT2D eigenvalue weighted by molar-refractivity contribution is -0.119. The molecule has 2 amide bonds. The number of rotatable bonds is 4. The number of carbonyl (C=O) groups excluding carboxylic acids is 2. The third-order valence-corrected chi connectivity index (χ3v) is 7.45. The van der Waals surface area contributed by atoms with Gasteiger partial charge in [0.25, 0.3) is 11.6 Å². The van der Waals surface area contributed by atoms with Crippen molar-refractivity contribution in [2.45, 2.75) is 19.9 Å². The Morgan fingerprint density at radius 3 is 2.79 bits per heavy atom. The largest absolute Gasteiger partial charge is 0.335 e. The summed E-state index contributed by atoms with van der Waals surface area (Å²) in [6.45, 7) is 3.75. The molecule has 10 heteroatoms. The number of thioether (sulfide) groups is 1. The SMILES string of the molecule is Cc1ccc(-c2cc(C(=O)N3CSCC3C(=O)Nc3ccccc3F)c3c(C)noc3n2)s1. The first kappa shape index (κ1) is 21.6. The molecular formula is C23H19FN4O3S2. The average Bonchev–Trinajstić information content (AvgIpc) is 3.54. The fourth-order valence-electron chi connectivity index (χ4n) is 3.76. The molecule has 1 aromatic carbocycles. The Morgan fingerprint density at radius 1 is 1.21 bits per heavy atom. The number of hydrogen-bond acceptors (Lipinski definition) is 7. The van der Waals surface area contributed by atoms with Crippen molar-refractivity contribution in [1.29, 1.82) is 0 Å². The summed E-state index contributed by atoms with van der Waals surface area (Å²) in [4.78, 5) is 34.7. The Labute approximate surface area is 197 Å². The number of hydrogen-bond donors (Lipinski definition) is 1. The molecule has 1 saturated heterocycles. The van der Waals surface area contributed by atoms with E-state index in [2.05, 4.69) is 15.5 Å². The molecule has 168 valence electrons. The van der Waals surface area contributed by atoms with Crippen LogP contribution in [-0.2, 0) is 4.79 Å². The summed E-state index contributed by atoms with van der Waals surface area (Å²) in [5.41, 5.74) is 1.90. The minimum absolute atomic E-state index is 0.0864. The number of aromatic nitrogens is 2. The van der Waals surface area contributed by atoms with Gasteiger partial charge in [0.05, 0.1) is 38.8 Å². The lowest BCUT2D eigenvalue weighted by Crippen LogP contribution is -2.44. The molecule has 0 bridgehead atoms. The minimum Gasteiger partial charge on any atom is -0.335 e. The molecule has 4 heterocycles. The molecule has 1 aliphatic rings. The highest BCUT2D eigenvalue weighted by molar-refractivity contribution is 7.99. The average molecular weight is 483 g/mol. The van der Waals surface area contributed by atoms with Gasteiger partial charge < -0.3 is 14.7 Å². The molecule has 1 atom stereocenters. The molecular weight excluding hydrogens is 463 g/mol. The first-order valence-electron chi connectivity index (χ1n) is 10.2. The highest BCUT2D eigenvalue weighted by Crippen LogP contribution is 2.33. The van der Waals surface area contributed by atoms with Crippen molar-refractivity contribution >= 4 is 51.7 Å². The number of amides is 2. The van der Waals surface area contributed by atoms with Crippen LogP contribution in [0.2, 0.25) is 0 Å². The number of aryl methyl sites for hydroxylation is 2. The second-order valence-electron chi connectivity index (χ2n) is 7.67. The van der Waals surface area contributed by atoms with Crippen LogP contribution in [0.3, 0.4) is 0 Å². The zero-order chi connectivity index (χ0) is 23.1. The number of benzene rings is 1. The molecule has 0 saturated carbocycles. The highest BCUT2D eigenvalue weighted by atomic mass is 32.2. The number of nitrogens with one attached hydrogen (secondary N) is 1. The minimum atomic E-state index is -0.738. The second kappa shape index (κ2) is 8.60. The molecule has 0 aliphatic carbocycles. The Balaban J connectivity index is 1.50. The molecule has 1 N–H and O–H groups in total. The van der Waals surface area contributed by atoms with Gasteiger partial charge in [-0.3, -0.25) is 9.59 Å². The molecule has 5 rings (SSSR count). The van der Waals surface area contributed by atoms with E-state index in [1.54, 1.807) is 36.5 Å². The lowest BCUT2D eigenvalue weighted by Gasteiger charge is -2.23. The van der Waals surface area contributed by atoms with E-state index in [0.29, 0.717) is 34.0 Å². The van der Waals surface area contributed by atoms with Crippen molar-refractivity contribution in [1.82, 2.24) is 15.0 Å². The molecule has 0 spiro atoms. The monoisotopic (exact) mass is 482 g/mol. The molecule has 33 heavy (non-hydrogen) atoms. The van der Waals surface area contributed by atoms with Crippen molar-refractivity contribution in [2.75, 3.05) is 16.9 Å². The van der Waals surface area contributed by atoms with Gasteiger partial charge in [0.15, 0.2) is 0 Å². The highest BCUT2D eigenvalue weighted by Gasteiger charge is 2.37. The van der Waals surface area contributed by atoms with Crippen LogP contribution in [0.5, 0.6) is 0 Å². The summed E-state index contributed by atoms with van der Waals surface area (Å²) in [6, 6.07) is 10.9. The number of para-hydroxylation sites is 1. The van der Waals surface area contributed by atoms with Crippen molar-refractivity contribution in [3.63, 3.8) is 0 Å². The Bertz CT molecular complexity index is 1380. The number of anilines is 1. The van der Waals surface area contributed by atoms with E-state index < -0.39 is 17.8 Å². The smallest absolute Gasteiger partial charge is 0.259 e. The maximum atomic E-state index is 14.0. The second-order valence-corrected chi connectivity index (χ2v) is 9.96. The zero-order valence-corrected chi connectivity index (χ0v) is 19.4. The number of halogens is 1. The summed E-state index contributed by atoms with van der Waals surface area (Å²) in [5, 5.41) is 7.13. The van der Waals surface area contributed by atoms with Crippen LogP contribution in [0.15, 0.2) is 47.0 Å². The third kappa shape index (κ3) is 4.00. The summed E-state index contributed by atoms with van der Waals surface area (Å²) in [7, 11) is 0. The Hall–Kier alpha value is -3.24. The maximum absolute atomic E-state index is 14.0. The van der Waals surface area contributed by atoms with Gasteiger partial charge in [0.2, 0.25) is 5.91 Å². The van der Waals surface area contributed by atoms with E-state index >= 15 is 0 Å². The quantitative estimate of drug-likeness (QED) is 0.447. The van der Waals surface area contributed by atoms with Crippen LogP contribution in [0, 0.1) is 19.7 Å². The molecule has 1 fully saturated rings. The van der Waals surface area contributed by atoms with Gasteiger partial charge >= 0.3 is 0 Å². The van der Waals surface area contributed by atoms with Crippen LogP contribution < -0.4 is 5.32 Å². The summed E-state index contributed by atoms with van der Waals surface area (Å²) in [5.74, 6) is -0.515. The van der Waals surface area contributed by atoms with Crippen LogP contribution in [0.1, 0.15) is 20.9 Å². The predicted molar refractivity (Wildman–Crippen MR) is 127 cm³/mol. The van der Waals surface area contributed by atoms with E-state index in [1.807, 2.05) is 19.1 Å². The number of nitrogens with zero attached hydrogens (tertiary/aromatic N) is 3. The molecule has 1 aliphatic heterocycles. The topological polar surface area (TPSA) is 88.3 Å². The standard InChI is InChI=1S/C23H19FN4O3S2/c1-12-7-8-19(33-12)17-9-14(20-13(2)27-31-22(20)26-17)23(30)28-11-32-10-18(28)21(29)25-16-6-4-3-5-15(16)24/h3-9,18H,10-11H2,1-2H3,(H,25,29). The maximum Gasteiger partial charge on any atom is 0.259 e. The molecule has 3 aromatic heterocycles. The van der Waals surface area contributed by atoms with E-state index in [0.717, 1.165) is 9.75 Å². The normalized spacial score (nSPS) is 15.8. The van der Waals surface area contributed by atoms with Gasteiger partial charge in [-0.25, -0.2) is 9.37 Å². The number of fused-ring (bicyclic) bond motifs is 1. The fourth-order valence-corrected chi connectivity index (χ4v) is 5.74. The lowest BCUT2D eigenvalue weighted by atomic mass is 10.1. The van der Waals surface area contributed by atoms with Gasteiger partial charge in [0.1, 0.15) is 11.9 Å². The molecule has 4 aromatic rings. The molecule has 0 radical (unpaired) electrons. The van der Waals surface area contributed by atoms with Crippen molar-refractivity contribution in [3.05, 3.63) is 64.4 Å². The predicted octanol–water partition coefficient (Wildman–Crippen LogP) is 4.86. The van der Waals surface area contributed by atoms with Gasteiger partial charge in [-0.05, 0) is 44.2 Å². The summed E-state index contributed by atoms with van der Waals surface area (Å²) < 4.78 is 19.4. The van der Waals surface area contributed by atoms with Crippen LogP contribution in [0.4, 0.5) is 10.1 Å². The van der Waals surface area contributed by atoms with Crippen molar-refractivity contribution in [2.24, 2.45) is 0 Å². The fraction of sp³-hybridized carbons (Fsp3) is 0.217. The molecule has 7 nitrogen and oxygen atoms in total. The first-order valence-corrected chi connectivity index (χ1v) is 12.2. The van der Waals surface area contributed by atoms with E-state index in [4.69, 9.17) is 4.52 Å².